The molecule has 0 aromatic rings. The molecule has 2 saturated carbocycles. The Bertz CT molecular complexity index is 419. The summed E-state index contributed by atoms with van der Waals surface area (Å²) in [4.78, 5) is 11.3. The molecule has 2 heteroatoms. The average Bonchev–Trinajstić information content (AvgIpc) is 2.25. The molecule has 20 heavy (non-hydrogen) atoms. The van der Waals surface area contributed by atoms with Gasteiger partial charge in [-0.2, -0.15) is 0 Å². The predicted molar refractivity (Wildman–Crippen MR) is 82.4 cm³/mol. The van der Waals surface area contributed by atoms with E-state index in [0.29, 0.717) is 11.3 Å². The quantitative estimate of drug-likeness (QED) is 0.771. The van der Waals surface area contributed by atoms with Gasteiger partial charge in [-0.05, 0) is 62.4 Å². The van der Waals surface area contributed by atoms with Gasteiger partial charge in [0.25, 0.3) is 0 Å². The normalized spacial score (nSPS) is 44.3. The molecule has 2 nitrogen and oxygen atoms in total. The van der Waals surface area contributed by atoms with Crippen LogP contribution in [0, 0.1) is 22.7 Å². The smallest absolute Gasteiger partial charge is 0.152 e. The van der Waals surface area contributed by atoms with E-state index in [1.165, 1.54) is 12.8 Å². The number of allylic oxidation sites excluding steroid dienone is 1. The van der Waals surface area contributed by atoms with E-state index >= 15 is 0 Å². The van der Waals surface area contributed by atoms with Gasteiger partial charge in [0.05, 0.1) is 5.60 Å². The van der Waals surface area contributed by atoms with E-state index in [9.17, 15) is 9.90 Å². The van der Waals surface area contributed by atoms with Gasteiger partial charge in [-0.15, -0.1) is 0 Å². The van der Waals surface area contributed by atoms with Crippen molar-refractivity contribution >= 4 is 5.78 Å². The van der Waals surface area contributed by atoms with Gasteiger partial charge in [0, 0.05) is 5.92 Å². The van der Waals surface area contributed by atoms with Gasteiger partial charge < -0.3 is 5.11 Å². The van der Waals surface area contributed by atoms with Crippen LogP contribution in [-0.2, 0) is 4.79 Å². The monoisotopic (exact) mass is 278 g/mol. The molecule has 2 aliphatic rings. The molecule has 114 valence electrons. The molecule has 0 radical (unpaired) electrons. The van der Waals surface area contributed by atoms with Crippen LogP contribution in [0.1, 0.15) is 66.7 Å². The first-order chi connectivity index (χ1) is 9.09. The minimum absolute atomic E-state index is 0.0709. The summed E-state index contributed by atoms with van der Waals surface area (Å²) in [5.41, 5.74) is -0.244. The fraction of sp³-hybridized carbons (Fsp3) is 0.833. The standard InChI is InChI=1S/C18H30O2/c1-13(19)7-8-15-17(4)11-6-10-16(2,3)14(17)9-12-18(15,5)20/h7-8,14-15,20H,6,9-12H2,1-5H3/b8-7+/t14-,15-,17+,18-/m1/s1. The van der Waals surface area contributed by atoms with E-state index < -0.39 is 5.60 Å². The lowest BCUT2D eigenvalue weighted by Crippen LogP contribution is -2.56. The molecule has 0 aliphatic heterocycles. The molecule has 0 unspecified atom stereocenters. The van der Waals surface area contributed by atoms with Gasteiger partial charge in [0.15, 0.2) is 5.78 Å². The average molecular weight is 278 g/mol. The number of aliphatic hydroxyl groups is 1. The first kappa shape index (κ1) is 15.8. The van der Waals surface area contributed by atoms with Crippen molar-refractivity contribution in [2.45, 2.75) is 72.3 Å². The second kappa shape index (κ2) is 4.98. The molecule has 0 spiro atoms. The van der Waals surface area contributed by atoms with E-state index in [2.05, 4.69) is 20.8 Å². The zero-order chi connectivity index (χ0) is 15.2. The molecule has 2 rings (SSSR count). The van der Waals surface area contributed by atoms with E-state index in [1.54, 1.807) is 13.0 Å². The Morgan fingerprint density at radius 3 is 2.40 bits per heavy atom. The largest absolute Gasteiger partial charge is 0.390 e. The number of fused-ring (bicyclic) bond motifs is 1. The number of carbonyl (C=O) groups excluding carboxylic acids is 1. The highest BCUT2D eigenvalue weighted by Gasteiger charge is 2.57. The van der Waals surface area contributed by atoms with Gasteiger partial charge in [0.2, 0.25) is 0 Å². The maximum Gasteiger partial charge on any atom is 0.152 e. The topological polar surface area (TPSA) is 37.3 Å². The molecule has 0 aromatic carbocycles. The summed E-state index contributed by atoms with van der Waals surface area (Å²) in [7, 11) is 0. The zero-order valence-electron chi connectivity index (χ0n) is 13.7. The third-order valence-corrected chi connectivity index (χ3v) is 6.12. The van der Waals surface area contributed by atoms with Crippen LogP contribution in [0.3, 0.4) is 0 Å². The molecular weight excluding hydrogens is 248 g/mol. The van der Waals surface area contributed by atoms with E-state index in [0.717, 1.165) is 19.3 Å². The highest BCUT2D eigenvalue weighted by atomic mass is 16.3. The van der Waals surface area contributed by atoms with Crippen molar-refractivity contribution in [2.24, 2.45) is 22.7 Å². The van der Waals surface area contributed by atoms with Crippen molar-refractivity contribution in [3.63, 3.8) is 0 Å². The predicted octanol–water partition coefficient (Wildman–Crippen LogP) is 4.13. The fourth-order valence-electron chi connectivity index (χ4n) is 5.22. The first-order valence-electron chi connectivity index (χ1n) is 8.01. The van der Waals surface area contributed by atoms with Gasteiger partial charge >= 0.3 is 0 Å². The maximum absolute atomic E-state index is 11.3. The van der Waals surface area contributed by atoms with Crippen molar-refractivity contribution in [1.29, 1.82) is 0 Å². The minimum atomic E-state index is -0.690. The summed E-state index contributed by atoms with van der Waals surface area (Å²) in [6.07, 6.45) is 9.25. The second-order valence-corrected chi connectivity index (χ2v) is 8.24. The summed E-state index contributed by atoms with van der Waals surface area (Å²) in [5, 5.41) is 10.9. The first-order valence-corrected chi connectivity index (χ1v) is 8.01. The molecule has 1 N–H and O–H groups in total. The Kier molecular flexibility index (Phi) is 3.92. The van der Waals surface area contributed by atoms with Crippen molar-refractivity contribution in [1.82, 2.24) is 0 Å². The Balaban J connectivity index is 2.40. The fourth-order valence-corrected chi connectivity index (χ4v) is 5.22. The van der Waals surface area contributed by atoms with Gasteiger partial charge in [-0.1, -0.05) is 33.3 Å². The molecule has 0 aromatic heterocycles. The molecule has 0 saturated heterocycles. The maximum atomic E-state index is 11.3. The summed E-state index contributed by atoms with van der Waals surface area (Å²) < 4.78 is 0. The van der Waals surface area contributed by atoms with Crippen molar-refractivity contribution < 1.29 is 9.90 Å². The number of carbonyl (C=O) groups is 1. The molecule has 0 amide bonds. The summed E-state index contributed by atoms with van der Waals surface area (Å²) in [6, 6.07) is 0. The number of hydrogen-bond acceptors (Lipinski definition) is 2. The lowest BCUT2D eigenvalue weighted by atomic mass is 9.45. The molecule has 4 atom stereocenters. The van der Waals surface area contributed by atoms with E-state index in [4.69, 9.17) is 0 Å². The third kappa shape index (κ3) is 2.59. The van der Waals surface area contributed by atoms with Crippen molar-refractivity contribution in [3.8, 4) is 0 Å². The Morgan fingerprint density at radius 1 is 1.15 bits per heavy atom. The van der Waals surface area contributed by atoms with Crippen molar-refractivity contribution in [2.75, 3.05) is 0 Å². The molecule has 2 fully saturated rings. The minimum Gasteiger partial charge on any atom is -0.390 e. The number of hydrogen-bond donors (Lipinski definition) is 1. The number of rotatable bonds is 2. The number of ketones is 1. The molecule has 0 heterocycles. The Labute approximate surface area is 123 Å². The Morgan fingerprint density at radius 2 is 1.80 bits per heavy atom. The highest BCUT2D eigenvalue weighted by molar-refractivity contribution is 5.87. The summed E-state index contributed by atoms with van der Waals surface area (Å²) in [6.45, 7) is 10.6. The second-order valence-electron chi connectivity index (χ2n) is 8.24. The van der Waals surface area contributed by atoms with Crippen LogP contribution in [0.25, 0.3) is 0 Å². The van der Waals surface area contributed by atoms with Crippen LogP contribution in [-0.4, -0.2) is 16.5 Å². The lowest BCUT2D eigenvalue weighted by molar-refractivity contribution is -0.149. The van der Waals surface area contributed by atoms with Crippen molar-refractivity contribution in [3.05, 3.63) is 12.2 Å². The lowest BCUT2D eigenvalue weighted by Gasteiger charge is -2.60. The summed E-state index contributed by atoms with van der Waals surface area (Å²) in [5.74, 6) is 0.782. The van der Waals surface area contributed by atoms with E-state index in [-0.39, 0.29) is 17.1 Å². The SMILES string of the molecule is CC(=O)/C=C/[C@@H]1[C@@]2(C)CCCC(C)(C)[C@H]2CC[C@@]1(C)O. The van der Waals surface area contributed by atoms with Crippen LogP contribution < -0.4 is 0 Å². The molecule has 0 bridgehead atoms. The van der Waals surface area contributed by atoms with Crippen LogP contribution >= 0.6 is 0 Å². The van der Waals surface area contributed by atoms with Gasteiger partial charge in [-0.25, -0.2) is 0 Å². The molecule has 2 aliphatic carbocycles. The van der Waals surface area contributed by atoms with Crippen LogP contribution in [0.4, 0.5) is 0 Å². The molecular formula is C18H30O2. The zero-order valence-corrected chi connectivity index (χ0v) is 13.7. The van der Waals surface area contributed by atoms with Gasteiger partial charge in [0.1, 0.15) is 0 Å². The summed E-state index contributed by atoms with van der Waals surface area (Å²) >= 11 is 0. The van der Waals surface area contributed by atoms with Gasteiger partial charge in [-0.3, -0.25) is 4.79 Å². The third-order valence-electron chi connectivity index (χ3n) is 6.12. The van der Waals surface area contributed by atoms with Crippen LogP contribution in [0.5, 0.6) is 0 Å². The highest BCUT2D eigenvalue weighted by Crippen LogP contribution is 2.62. The van der Waals surface area contributed by atoms with Crippen LogP contribution in [0.15, 0.2) is 12.2 Å². The van der Waals surface area contributed by atoms with E-state index in [1.807, 2.05) is 13.0 Å². The van der Waals surface area contributed by atoms with Crippen LogP contribution in [0.2, 0.25) is 0 Å². The Hall–Kier alpha value is -0.630.